The molecule has 0 fully saturated rings. The molecule has 0 saturated heterocycles. The fourth-order valence-electron chi connectivity index (χ4n) is 4.88. The lowest BCUT2D eigenvalue weighted by Crippen LogP contribution is -2.33. The van der Waals surface area contributed by atoms with E-state index in [4.69, 9.17) is 19.9 Å². The van der Waals surface area contributed by atoms with Gasteiger partial charge in [-0.2, -0.15) is 5.26 Å². The van der Waals surface area contributed by atoms with Gasteiger partial charge in [0, 0.05) is 24.1 Å². The summed E-state index contributed by atoms with van der Waals surface area (Å²) in [6.45, 7) is 7.69. The number of allylic oxidation sites excluding steroid dienone is 3. The monoisotopic (exact) mass is 501 g/mol. The summed E-state index contributed by atoms with van der Waals surface area (Å²) < 4.78 is 17.0. The zero-order valence-electron chi connectivity index (χ0n) is 21.7. The number of nitrogens with zero attached hydrogens (tertiary/aromatic N) is 1. The van der Waals surface area contributed by atoms with Crippen molar-refractivity contribution in [3.63, 3.8) is 0 Å². The summed E-state index contributed by atoms with van der Waals surface area (Å²) >= 11 is 0. The first-order chi connectivity index (χ1) is 17.5. The normalized spacial score (nSPS) is 18.5. The third-order valence-electron chi connectivity index (χ3n) is 6.61. The molecule has 192 valence electrons. The van der Waals surface area contributed by atoms with Crippen LogP contribution in [0.5, 0.6) is 11.5 Å². The van der Waals surface area contributed by atoms with E-state index >= 15 is 0 Å². The van der Waals surface area contributed by atoms with Crippen LogP contribution < -0.4 is 20.5 Å². The number of hydrogen-bond donors (Lipinski definition) is 2. The van der Waals surface area contributed by atoms with Crippen molar-refractivity contribution in [2.45, 2.75) is 46.5 Å². The minimum Gasteiger partial charge on any atom is -0.493 e. The van der Waals surface area contributed by atoms with Crippen LogP contribution >= 0.6 is 0 Å². The molecule has 37 heavy (non-hydrogen) atoms. The quantitative estimate of drug-likeness (QED) is 0.584. The molecule has 0 saturated carbocycles. The first kappa shape index (κ1) is 25.8. The van der Waals surface area contributed by atoms with Crippen LogP contribution in [0.2, 0.25) is 0 Å². The summed E-state index contributed by atoms with van der Waals surface area (Å²) in [7, 11) is 1.49. The van der Waals surface area contributed by atoms with E-state index in [0.29, 0.717) is 41.2 Å². The highest BCUT2D eigenvalue weighted by molar-refractivity contribution is 6.00. The number of anilines is 1. The van der Waals surface area contributed by atoms with Crippen molar-refractivity contribution in [3.05, 3.63) is 75.9 Å². The summed E-state index contributed by atoms with van der Waals surface area (Å²) in [5.74, 6) is 0.172. The average Bonchev–Trinajstić information content (AvgIpc) is 2.82. The molecule has 8 heteroatoms. The molecule has 0 spiro atoms. The first-order valence-corrected chi connectivity index (χ1v) is 12.0. The molecule has 2 aromatic rings. The molecule has 0 unspecified atom stereocenters. The number of ether oxygens (including phenoxy) is 3. The lowest BCUT2D eigenvalue weighted by molar-refractivity contribution is -0.119. The Bertz CT molecular complexity index is 1380. The van der Waals surface area contributed by atoms with Gasteiger partial charge in [0.25, 0.3) is 5.91 Å². The number of rotatable bonds is 6. The zero-order valence-corrected chi connectivity index (χ0v) is 21.7. The van der Waals surface area contributed by atoms with Crippen LogP contribution in [0.15, 0.2) is 59.2 Å². The van der Waals surface area contributed by atoms with Gasteiger partial charge in [0.15, 0.2) is 23.9 Å². The van der Waals surface area contributed by atoms with Gasteiger partial charge in [-0.1, -0.05) is 37.6 Å². The number of Topliss-reactive ketones (excluding diaryl/α,β-unsaturated/α-hetero) is 1. The minimum absolute atomic E-state index is 0.000821. The maximum atomic E-state index is 13.2. The number of benzene rings is 2. The van der Waals surface area contributed by atoms with Gasteiger partial charge in [-0.25, -0.2) is 0 Å². The van der Waals surface area contributed by atoms with Crippen molar-refractivity contribution in [2.24, 2.45) is 11.1 Å². The molecule has 0 bridgehead atoms. The fourth-order valence-corrected chi connectivity index (χ4v) is 4.88. The molecule has 0 radical (unpaired) electrons. The SMILES string of the molecule is COc1cc([C@H]2C(C#N)=C(N)OC3=C2C(=O)CC(C)(C)C3)ccc1OCC(=O)Nc1ccc(C)cc1C. The van der Waals surface area contributed by atoms with Crippen LogP contribution in [-0.2, 0) is 14.3 Å². The molecule has 1 aliphatic heterocycles. The van der Waals surface area contributed by atoms with Gasteiger partial charge < -0.3 is 25.3 Å². The summed E-state index contributed by atoms with van der Waals surface area (Å²) in [6, 6.07) is 13.0. The Morgan fingerprint density at radius 1 is 1.19 bits per heavy atom. The summed E-state index contributed by atoms with van der Waals surface area (Å²) in [5, 5.41) is 12.7. The molecule has 8 nitrogen and oxygen atoms in total. The highest BCUT2D eigenvalue weighted by Crippen LogP contribution is 2.48. The van der Waals surface area contributed by atoms with E-state index in [-0.39, 0.29) is 35.2 Å². The molecule has 0 aromatic heterocycles. The molecule has 2 aromatic carbocycles. The van der Waals surface area contributed by atoms with Crippen molar-refractivity contribution in [2.75, 3.05) is 19.0 Å². The van der Waals surface area contributed by atoms with Crippen molar-refractivity contribution in [1.82, 2.24) is 0 Å². The zero-order chi connectivity index (χ0) is 26.9. The van der Waals surface area contributed by atoms with Crippen LogP contribution in [0.1, 0.15) is 49.3 Å². The van der Waals surface area contributed by atoms with Gasteiger partial charge in [0.2, 0.25) is 5.88 Å². The lowest BCUT2D eigenvalue weighted by Gasteiger charge is -2.37. The number of ketones is 1. The number of amides is 1. The minimum atomic E-state index is -0.673. The summed E-state index contributed by atoms with van der Waals surface area (Å²) in [6.07, 6.45) is 0.885. The van der Waals surface area contributed by atoms with Gasteiger partial charge in [-0.3, -0.25) is 9.59 Å². The molecule has 1 aliphatic carbocycles. The van der Waals surface area contributed by atoms with Crippen LogP contribution in [0, 0.1) is 30.6 Å². The molecule has 3 N–H and O–H groups in total. The molecule has 2 aliphatic rings. The Morgan fingerprint density at radius 3 is 2.62 bits per heavy atom. The van der Waals surface area contributed by atoms with Gasteiger partial charge in [0.05, 0.1) is 13.0 Å². The Morgan fingerprint density at radius 2 is 1.95 bits per heavy atom. The third-order valence-corrected chi connectivity index (χ3v) is 6.61. The van der Waals surface area contributed by atoms with Gasteiger partial charge in [0.1, 0.15) is 17.4 Å². The number of aryl methyl sites for hydroxylation is 2. The van der Waals surface area contributed by atoms with E-state index < -0.39 is 5.92 Å². The number of hydrogen-bond acceptors (Lipinski definition) is 7. The van der Waals surface area contributed by atoms with Crippen LogP contribution in [0.4, 0.5) is 5.69 Å². The molecular formula is C29H31N3O5. The van der Waals surface area contributed by atoms with E-state index in [9.17, 15) is 14.9 Å². The van der Waals surface area contributed by atoms with Crippen LogP contribution in [0.25, 0.3) is 0 Å². The van der Waals surface area contributed by atoms with Crippen molar-refractivity contribution < 1.29 is 23.8 Å². The third kappa shape index (κ3) is 5.31. The lowest BCUT2D eigenvalue weighted by atomic mass is 9.70. The average molecular weight is 502 g/mol. The van der Waals surface area contributed by atoms with Crippen LogP contribution in [-0.4, -0.2) is 25.4 Å². The van der Waals surface area contributed by atoms with Crippen molar-refractivity contribution in [1.29, 1.82) is 5.26 Å². The van der Waals surface area contributed by atoms with E-state index in [2.05, 4.69) is 11.4 Å². The summed E-state index contributed by atoms with van der Waals surface area (Å²) in [4.78, 5) is 25.7. The molecule has 1 heterocycles. The number of nitrogens with two attached hydrogens (primary N) is 1. The van der Waals surface area contributed by atoms with Gasteiger partial charge >= 0.3 is 0 Å². The topological polar surface area (TPSA) is 124 Å². The first-order valence-electron chi connectivity index (χ1n) is 12.0. The second kappa shape index (κ2) is 10.0. The van der Waals surface area contributed by atoms with E-state index in [1.54, 1.807) is 18.2 Å². The number of carbonyl (C=O) groups is 2. The van der Waals surface area contributed by atoms with Crippen LogP contribution in [0.3, 0.4) is 0 Å². The molecule has 1 amide bonds. The highest BCUT2D eigenvalue weighted by atomic mass is 16.5. The molecule has 1 atom stereocenters. The largest absolute Gasteiger partial charge is 0.493 e. The summed E-state index contributed by atoms with van der Waals surface area (Å²) in [5.41, 5.74) is 9.91. The number of carbonyl (C=O) groups excluding carboxylic acids is 2. The Hall–Kier alpha value is -4.25. The van der Waals surface area contributed by atoms with Crippen molar-refractivity contribution in [3.8, 4) is 17.6 Å². The number of methoxy groups -OCH3 is 1. The van der Waals surface area contributed by atoms with E-state index in [1.165, 1.54) is 7.11 Å². The second-order valence-corrected chi connectivity index (χ2v) is 10.3. The van der Waals surface area contributed by atoms with Gasteiger partial charge in [-0.05, 0) is 48.6 Å². The Kier molecular flexibility index (Phi) is 6.99. The second-order valence-electron chi connectivity index (χ2n) is 10.3. The van der Waals surface area contributed by atoms with Crippen molar-refractivity contribution >= 4 is 17.4 Å². The van der Waals surface area contributed by atoms with E-state index in [0.717, 1.165) is 16.8 Å². The maximum Gasteiger partial charge on any atom is 0.262 e. The Labute approximate surface area is 216 Å². The smallest absolute Gasteiger partial charge is 0.262 e. The maximum absolute atomic E-state index is 13.2. The standard InChI is InChI=1S/C29H31N3O5/c1-16-6-8-20(17(2)10-16)32-25(34)15-36-22-9-7-18(11-23(22)35-5)26-19(14-30)28(31)37-24-13-29(3,4)12-21(33)27(24)26/h6-11,26H,12-13,15,31H2,1-5H3,(H,32,34)/t26-/m0/s1. The molecular weight excluding hydrogens is 470 g/mol. The Balaban J connectivity index is 1.59. The molecule has 4 rings (SSSR count). The number of nitrogens with one attached hydrogen (secondary N) is 1. The fraction of sp³-hybridized carbons (Fsp3) is 0.345. The highest BCUT2D eigenvalue weighted by Gasteiger charge is 2.43. The predicted octanol–water partition coefficient (Wildman–Crippen LogP) is 4.78. The van der Waals surface area contributed by atoms with Gasteiger partial charge in [-0.15, -0.1) is 0 Å². The van der Waals surface area contributed by atoms with E-state index in [1.807, 2.05) is 45.9 Å². The predicted molar refractivity (Wildman–Crippen MR) is 139 cm³/mol. The number of nitriles is 1.